The minimum absolute atomic E-state index is 0.123. The third-order valence-corrected chi connectivity index (χ3v) is 2.47. The van der Waals surface area contributed by atoms with E-state index in [2.05, 4.69) is 0 Å². The lowest BCUT2D eigenvalue weighted by Gasteiger charge is -2.26. The molecule has 0 amide bonds. The molecule has 1 aromatic rings. The van der Waals surface area contributed by atoms with E-state index in [0.29, 0.717) is 0 Å². The van der Waals surface area contributed by atoms with Gasteiger partial charge in [0.15, 0.2) is 0 Å². The van der Waals surface area contributed by atoms with E-state index in [-0.39, 0.29) is 11.3 Å². The topological polar surface area (TPSA) is 55.5 Å². The van der Waals surface area contributed by atoms with Crippen molar-refractivity contribution in [2.75, 3.05) is 13.7 Å². The first-order valence-corrected chi connectivity index (χ1v) is 4.88. The number of hydrogen-bond acceptors (Lipinski definition) is 3. The number of rotatable bonds is 3. The van der Waals surface area contributed by atoms with Gasteiger partial charge in [0.05, 0.1) is 24.8 Å². The molecule has 0 saturated heterocycles. The molecule has 3 N–H and O–H groups in total. The minimum atomic E-state index is -4.52. The van der Waals surface area contributed by atoms with Gasteiger partial charge in [-0.15, -0.1) is 0 Å². The average molecular weight is 249 g/mol. The van der Waals surface area contributed by atoms with E-state index in [9.17, 15) is 13.2 Å². The second-order valence-corrected chi connectivity index (χ2v) is 3.96. The predicted octanol–water partition coefficient (Wildman–Crippen LogP) is 1.88. The third kappa shape index (κ3) is 2.70. The Morgan fingerprint density at radius 2 is 1.82 bits per heavy atom. The maximum absolute atomic E-state index is 12.7. The third-order valence-electron chi connectivity index (χ3n) is 2.47. The van der Waals surface area contributed by atoms with Crippen LogP contribution in [0.1, 0.15) is 18.1 Å². The van der Waals surface area contributed by atoms with E-state index in [1.54, 1.807) is 0 Å². The molecule has 1 aromatic carbocycles. The molecular weight excluding hydrogens is 235 g/mol. The number of halogens is 3. The zero-order chi connectivity index (χ0) is 13.3. The van der Waals surface area contributed by atoms with Crippen LogP contribution in [0.5, 0.6) is 5.75 Å². The Kier molecular flexibility index (Phi) is 3.68. The van der Waals surface area contributed by atoms with Gasteiger partial charge < -0.3 is 15.6 Å². The van der Waals surface area contributed by atoms with Crippen LogP contribution in [-0.2, 0) is 11.7 Å². The number of benzene rings is 1. The summed E-state index contributed by atoms with van der Waals surface area (Å²) in [5, 5.41) is 9.10. The van der Waals surface area contributed by atoms with Crippen LogP contribution >= 0.6 is 0 Å². The van der Waals surface area contributed by atoms with Crippen molar-refractivity contribution in [3.63, 3.8) is 0 Å². The quantitative estimate of drug-likeness (QED) is 0.860. The number of nitrogens with two attached hydrogens (primary N) is 1. The summed E-state index contributed by atoms with van der Waals surface area (Å²) < 4.78 is 43.0. The van der Waals surface area contributed by atoms with Gasteiger partial charge in [0.25, 0.3) is 0 Å². The smallest absolute Gasteiger partial charge is 0.419 e. The number of aliphatic hydroxyl groups is 1. The minimum Gasteiger partial charge on any atom is -0.496 e. The van der Waals surface area contributed by atoms with Crippen molar-refractivity contribution in [2.45, 2.75) is 18.6 Å². The van der Waals surface area contributed by atoms with Gasteiger partial charge in [0.1, 0.15) is 5.75 Å². The molecule has 0 saturated carbocycles. The van der Waals surface area contributed by atoms with Crippen molar-refractivity contribution in [3.8, 4) is 5.75 Å². The lowest BCUT2D eigenvalue weighted by Crippen LogP contribution is -2.37. The van der Waals surface area contributed by atoms with Crippen LogP contribution in [0.2, 0.25) is 0 Å². The van der Waals surface area contributed by atoms with Crippen LogP contribution < -0.4 is 10.5 Å². The van der Waals surface area contributed by atoms with Crippen molar-refractivity contribution in [3.05, 3.63) is 29.3 Å². The fourth-order valence-corrected chi connectivity index (χ4v) is 1.52. The van der Waals surface area contributed by atoms with E-state index in [1.165, 1.54) is 19.1 Å². The van der Waals surface area contributed by atoms with Crippen LogP contribution in [0.25, 0.3) is 0 Å². The summed E-state index contributed by atoms with van der Waals surface area (Å²) in [7, 11) is 1.14. The highest BCUT2D eigenvalue weighted by molar-refractivity contribution is 5.46. The Balaban J connectivity index is 3.44. The molecule has 0 heterocycles. The summed E-state index contributed by atoms with van der Waals surface area (Å²) in [6.45, 7) is 0.954. The molecule has 1 rings (SSSR count). The molecule has 0 radical (unpaired) electrons. The van der Waals surface area contributed by atoms with Crippen molar-refractivity contribution < 1.29 is 23.0 Å². The first kappa shape index (κ1) is 13.8. The SMILES string of the molecule is COc1c(C(F)(F)F)cccc1C(C)(N)CO. The normalized spacial score (nSPS) is 15.5. The summed E-state index contributed by atoms with van der Waals surface area (Å²) in [4.78, 5) is 0. The van der Waals surface area contributed by atoms with E-state index in [0.717, 1.165) is 13.2 Å². The van der Waals surface area contributed by atoms with E-state index in [1.807, 2.05) is 0 Å². The van der Waals surface area contributed by atoms with E-state index < -0.39 is 23.9 Å². The highest BCUT2D eigenvalue weighted by Crippen LogP contribution is 2.40. The lowest BCUT2D eigenvalue weighted by atomic mass is 9.91. The molecular formula is C11H14F3NO2. The first-order valence-electron chi connectivity index (χ1n) is 4.88. The maximum Gasteiger partial charge on any atom is 0.419 e. The number of ether oxygens (including phenoxy) is 1. The largest absolute Gasteiger partial charge is 0.496 e. The molecule has 0 aromatic heterocycles. The van der Waals surface area contributed by atoms with Crippen LogP contribution in [-0.4, -0.2) is 18.8 Å². The molecule has 0 fully saturated rings. The average Bonchev–Trinajstić information content (AvgIpc) is 2.26. The van der Waals surface area contributed by atoms with Crippen molar-refractivity contribution in [2.24, 2.45) is 5.73 Å². The molecule has 3 nitrogen and oxygen atoms in total. The number of hydrogen-bond donors (Lipinski definition) is 2. The number of methoxy groups -OCH3 is 1. The Morgan fingerprint density at radius 1 is 1.29 bits per heavy atom. The van der Waals surface area contributed by atoms with Gasteiger partial charge in [-0.3, -0.25) is 0 Å². The number of alkyl halides is 3. The van der Waals surface area contributed by atoms with Crippen LogP contribution in [0.15, 0.2) is 18.2 Å². The summed E-state index contributed by atoms with van der Waals surface area (Å²) in [5.74, 6) is -0.348. The van der Waals surface area contributed by atoms with Crippen molar-refractivity contribution >= 4 is 0 Å². The Bertz CT molecular complexity index is 402. The van der Waals surface area contributed by atoms with Gasteiger partial charge in [-0.2, -0.15) is 13.2 Å². The van der Waals surface area contributed by atoms with E-state index in [4.69, 9.17) is 15.6 Å². The zero-order valence-electron chi connectivity index (χ0n) is 9.51. The molecule has 0 spiro atoms. The van der Waals surface area contributed by atoms with Crippen LogP contribution in [0.3, 0.4) is 0 Å². The van der Waals surface area contributed by atoms with Gasteiger partial charge in [-0.25, -0.2) is 0 Å². The van der Waals surface area contributed by atoms with Gasteiger partial charge in [-0.1, -0.05) is 12.1 Å². The summed E-state index contributed by atoms with van der Waals surface area (Å²) in [5.41, 5.74) is 3.67. The highest BCUT2D eigenvalue weighted by Gasteiger charge is 2.37. The van der Waals surface area contributed by atoms with Crippen LogP contribution in [0.4, 0.5) is 13.2 Å². The summed E-state index contributed by atoms with van der Waals surface area (Å²) >= 11 is 0. The molecule has 0 bridgehead atoms. The first-order chi connectivity index (χ1) is 7.74. The summed E-state index contributed by atoms with van der Waals surface area (Å²) in [6.07, 6.45) is -4.52. The van der Waals surface area contributed by atoms with Crippen molar-refractivity contribution in [1.29, 1.82) is 0 Å². The summed E-state index contributed by atoms with van der Waals surface area (Å²) in [6, 6.07) is 3.56. The molecule has 1 unspecified atom stereocenters. The van der Waals surface area contributed by atoms with Crippen LogP contribution in [0, 0.1) is 0 Å². The molecule has 0 aliphatic heterocycles. The van der Waals surface area contributed by atoms with E-state index >= 15 is 0 Å². The molecule has 96 valence electrons. The second kappa shape index (κ2) is 4.54. The molecule has 17 heavy (non-hydrogen) atoms. The van der Waals surface area contributed by atoms with Crippen molar-refractivity contribution in [1.82, 2.24) is 0 Å². The fourth-order valence-electron chi connectivity index (χ4n) is 1.52. The molecule has 0 aliphatic carbocycles. The van der Waals surface area contributed by atoms with Gasteiger partial charge in [-0.05, 0) is 13.0 Å². The molecule has 1 atom stereocenters. The Hall–Kier alpha value is -1.27. The molecule has 0 aliphatic rings. The predicted molar refractivity (Wildman–Crippen MR) is 56.6 cm³/mol. The fraction of sp³-hybridized carbons (Fsp3) is 0.455. The molecule has 6 heteroatoms. The Labute approximate surface area is 97.0 Å². The second-order valence-electron chi connectivity index (χ2n) is 3.96. The highest BCUT2D eigenvalue weighted by atomic mass is 19.4. The standard InChI is InChI=1S/C11H14F3NO2/c1-10(15,6-16)7-4-3-5-8(9(7)17-2)11(12,13)14/h3-5,16H,6,15H2,1-2H3. The maximum atomic E-state index is 12.7. The van der Waals surface area contributed by atoms with Gasteiger partial charge >= 0.3 is 6.18 Å². The number of aliphatic hydroxyl groups excluding tert-OH is 1. The monoisotopic (exact) mass is 249 g/mol. The zero-order valence-corrected chi connectivity index (χ0v) is 9.51. The van der Waals surface area contributed by atoms with Gasteiger partial charge in [0, 0.05) is 5.56 Å². The van der Waals surface area contributed by atoms with Gasteiger partial charge in [0.2, 0.25) is 0 Å². The Morgan fingerprint density at radius 3 is 2.24 bits per heavy atom. The lowest BCUT2D eigenvalue weighted by molar-refractivity contribution is -0.138. The number of para-hydroxylation sites is 1.